The first kappa shape index (κ1) is 19.2. The molecule has 0 bridgehead atoms. The zero-order chi connectivity index (χ0) is 18.4. The average Bonchev–Trinajstić information content (AvgIpc) is 2.72. The van der Waals surface area contributed by atoms with Gasteiger partial charge < -0.3 is 14.7 Å². The summed E-state index contributed by atoms with van der Waals surface area (Å²) in [4.78, 5) is 17.3. The van der Waals surface area contributed by atoms with Crippen molar-refractivity contribution in [2.75, 3.05) is 39.9 Å². The van der Waals surface area contributed by atoms with Crippen molar-refractivity contribution in [2.45, 2.75) is 44.6 Å². The molecule has 1 aromatic carbocycles. The van der Waals surface area contributed by atoms with Crippen LogP contribution in [0.3, 0.4) is 0 Å². The highest BCUT2D eigenvalue weighted by molar-refractivity contribution is 5.76. The number of piperidine rings is 2. The molecule has 0 unspecified atom stereocenters. The Balaban J connectivity index is 1.48. The summed E-state index contributed by atoms with van der Waals surface area (Å²) in [5.74, 6) is 1.58. The van der Waals surface area contributed by atoms with Crippen LogP contribution in [0.15, 0.2) is 24.3 Å². The van der Waals surface area contributed by atoms with Crippen molar-refractivity contribution in [2.24, 2.45) is 5.92 Å². The van der Waals surface area contributed by atoms with Crippen LogP contribution in [-0.2, 0) is 11.2 Å². The van der Waals surface area contributed by atoms with E-state index >= 15 is 0 Å². The van der Waals surface area contributed by atoms with E-state index in [-0.39, 0.29) is 5.91 Å². The van der Waals surface area contributed by atoms with Crippen LogP contribution >= 0.6 is 0 Å². The zero-order valence-corrected chi connectivity index (χ0v) is 15.9. The molecule has 2 fully saturated rings. The van der Waals surface area contributed by atoms with Gasteiger partial charge in [0.1, 0.15) is 5.75 Å². The maximum absolute atomic E-state index is 12.7. The van der Waals surface area contributed by atoms with E-state index in [1.165, 1.54) is 6.42 Å². The van der Waals surface area contributed by atoms with Gasteiger partial charge in [0.05, 0.1) is 7.11 Å². The summed E-state index contributed by atoms with van der Waals surface area (Å²) in [6.45, 7) is 4.18. The SMILES string of the molecule is COc1cccc(CCC(=O)N2CCC[C@H](N3CCC(CO)CC3)C2)c1. The minimum Gasteiger partial charge on any atom is -0.497 e. The number of carbonyl (C=O) groups is 1. The van der Waals surface area contributed by atoms with E-state index in [2.05, 4.69) is 15.9 Å². The smallest absolute Gasteiger partial charge is 0.222 e. The number of benzene rings is 1. The van der Waals surface area contributed by atoms with Crippen molar-refractivity contribution in [1.82, 2.24) is 9.80 Å². The lowest BCUT2D eigenvalue weighted by Gasteiger charge is -2.42. The average molecular weight is 360 g/mol. The molecular formula is C21H32N2O3. The van der Waals surface area contributed by atoms with Gasteiger partial charge in [-0.1, -0.05) is 12.1 Å². The molecule has 0 aromatic heterocycles. The second kappa shape index (κ2) is 9.38. The Bertz CT molecular complexity index is 584. The van der Waals surface area contributed by atoms with Crippen molar-refractivity contribution in [3.05, 3.63) is 29.8 Å². The quantitative estimate of drug-likeness (QED) is 0.846. The fourth-order valence-electron chi connectivity index (χ4n) is 4.22. The Morgan fingerprint density at radius 2 is 2.04 bits per heavy atom. The number of amides is 1. The summed E-state index contributed by atoms with van der Waals surface area (Å²) in [7, 11) is 1.67. The molecule has 2 heterocycles. The molecule has 3 rings (SSSR count). The Kier molecular flexibility index (Phi) is 6.92. The van der Waals surface area contributed by atoms with Crippen LogP contribution in [0.25, 0.3) is 0 Å². The summed E-state index contributed by atoms with van der Waals surface area (Å²) >= 11 is 0. The highest BCUT2D eigenvalue weighted by atomic mass is 16.5. The second-order valence-electron chi connectivity index (χ2n) is 7.65. The van der Waals surface area contributed by atoms with Gasteiger partial charge in [0, 0.05) is 32.2 Å². The van der Waals surface area contributed by atoms with Crippen LogP contribution in [-0.4, -0.2) is 66.8 Å². The monoisotopic (exact) mass is 360 g/mol. The van der Waals surface area contributed by atoms with E-state index in [0.29, 0.717) is 25.0 Å². The van der Waals surface area contributed by atoms with Crippen LogP contribution in [0.4, 0.5) is 0 Å². The molecule has 0 aliphatic carbocycles. The highest BCUT2D eigenvalue weighted by Gasteiger charge is 2.30. The van der Waals surface area contributed by atoms with E-state index in [1.807, 2.05) is 18.2 Å². The molecule has 5 nitrogen and oxygen atoms in total. The standard InChI is InChI=1S/C21H32N2O3/c1-26-20-6-2-4-17(14-20)7-8-21(25)23-11-3-5-19(15-23)22-12-9-18(16-24)10-13-22/h2,4,6,14,18-19,24H,3,5,7-13,15-16H2,1H3/t19-/m0/s1. The number of aliphatic hydroxyl groups excluding tert-OH is 1. The summed E-state index contributed by atoms with van der Waals surface area (Å²) in [6, 6.07) is 8.47. The molecule has 26 heavy (non-hydrogen) atoms. The zero-order valence-electron chi connectivity index (χ0n) is 15.9. The number of aliphatic hydroxyl groups is 1. The Morgan fingerprint density at radius 1 is 1.23 bits per heavy atom. The number of hydrogen-bond acceptors (Lipinski definition) is 4. The third-order valence-corrected chi connectivity index (χ3v) is 5.93. The fourth-order valence-corrected chi connectivity index (χ4v) is 4.22. The molecule has 0 saturated carbocycles. The van der Waals surface area contributed by atoms with E-state index in [0.717, 1.165) is 63.2 Å². The lowest BCUT2D eigenvalue weighted by Crippen LogP contribution is -2.52. The number of methoxy groups -OCH3 is 1. The number of carbonyl (C=O) groups excluding carboxylic acids is 1. The summed E-state index contributed by atoms with van der Waals surface area (Å²) < 4.78 is 5.26. The molecule has 5 heteroatoms. The minimum absolute atomic E-state index is 0.266. The highest BCUT2D eigenvalue weighted by Crippen LogP contribution is 2.24. The maximum Gasteiger partial charge on any atom is 0.222 e. The van der Waals surface area contributed by atoms with Crippen LogP contribution in [0.1, 0.15) is 37.7 Å². The van der Waals surface area contributed by atoms with E-state index in [9.17, 15) is 9.90 Å². The van der Waals surface area contributed by atoms with Crippen molar-refractivity contribution < 1.29 is 14.6 Å². The largest absolute Gasteiger partial charge is 0.497 e. The third-order valence-electron chi connectivity index (χ3n) is 5.93. The molecule has 2 aliphatic heterocycles. The first-order chi connectivity index (χ1) is 12.7. The predicted molar refractivity (Wildman–Crippen MR) is 102 cm³/mol. The predicted octanol–water partition coefficient (Wildman–Crippen LogP) is 2.32. The van der Waals surface area contributed by atoms with Gasteiger partial charge in [0.15, 0.2) is 0 Å². The van der Waals surface area contributed by atoms with Gasteiger partial charge in [-0.3, -0.25) is 9.69 Å². The lowest BCUT2D eigenvalue weighted by atomic mass is 9.94. The minimum atomic E-state index is 0.266. The molecule has 0 radical (unpaired) electrons. The molecule has 1 atom stereocenters. The Labute approximate surface area is 156 Å². The van der Waals surface area contributed by atoms with E-state index < -0.39 is 0 Å². The Morgan fingerprint density at radius 3 is 2.77 bits per heavy atom. The van der Waals surface area contributed by atoms with Gasteiger partial charge in [0.2, 0.25) is 5.91 Å². The van der Waals surface area contributed by atoms with Gasteiger partial charge in [-0.25, -0.2) is 0 Å². The van der Waals surface area contributed by atoms with Crippen LogP contribution in [0.5, 0.6) is 5.75 Å². The number of aryl methyl sites for hydroxylation is 1. The van der Waals surface area contributed by atoms with Crippen LogP contribution < -0.4 is 4.74 Å². The Hall–Kier alpha value is -1.59. The number of ether oxygens (including phenoxy) is 1. The van der Waals surface area contributed by atoms with E-state index in [4.69, 9.17) is 4.74 Å². The number of likely N-dealkylation sites (tertiary alicyclic amines) is 2. The summed E-state index contributed by atoms with van der Waals surface area (Å²) in [5, 5.41) is 9.31. The summed E-state index contributed by atoms with van der Waals surface area (Å²) in [6.07, 6.45) is 5.76. The summed E-state index contributed by atoms with van der Waals surface area (Å²) in [5.41, 5.74) is 1.15. The first-order valence-electron chi connectivity index (χ1n) is 9.95. The molecule has 0 spiro atoms. The number of hydrogen-bond donors (Lipinski definition) is 1. The van der Waals surface area contributed by atoms with Crippen molar-refractivity contribution in [3.63, 3.8) is 0 Å². The van der Waals surface area contributed by atoms with Crippen LogP contribution in [0.2, 0.25) is 0 Å². The van der Waals surface area contributed by atoms with Gasteiger partial charge in [0.25, 0.3) is 0 Å². The molecule has 2 saturated heterocycles. The van der Waals surface area contributed by atoms with Gasteiger partial charge in [-0.15, -0.1) is 0 Å². The number of rotatable bonds is 6. The third kappa shape index (κ3) is 4.98. The van der Waals surface area contributed by atoms with E-state index in [1.54, 1.807) is 7.11 Å². The van der Waals surface area contributed by atoms with Gasteiger partial charge in [-0.05, 0) is 68.8 Å². The first-order valence-corrected chi connectivity index (χ1v) is 9.95. The molecule has 1 amide bonds. The second-order valence-corrected chi connectivity index (χ2v) is 7.65. The molecule has 144 valence electrons. The van der Waals surface area contributed by atoms with Gasteiger partial charge in [-0.2, -0.15) is 0 Å². The number of nitrogens with zero attached hydrogens (tertiary/aromatic N) is 2. The molecule has 2 aliphatic rings. The fraction of sp³-hybridized carbons (Fsp3) is 0.667. The van der Waals surface area contributed by atoms with Crippen molar-refractivity contribution >= 4 is 5.91 Å². The maximum atomic E-state index is 12.7. The van der Waals surface area contributed by atoms with Gasteiger partial charge >= 0.3 is 0 Å². The normalized spacial score (nSPS) is 22.4. The molecular weight excluding hydrogens is 328 g/mol. The molecule has 1 aromatic rings. The molecule has 1 N–H and O–H groups in total. The van der Waals surface area contributed by atoms with Crippen LogP contribution in [0, 0.1) is 5.92 Å². The van der Waals surface area contributed by atoms with Crippen molar-refractivity contribution in [1.29, 1.82) is 0 Å². The topological polar surface area (TPSA) is 53.0 Å². The van der Waals surface area contributed by atoms with Crippen molar-refractivity contribution in [3.8, 4) is 5.75 Å². The lowest BCUT2D eigenvalue weighted by molar-refractivity contribution is -0.133.